The van der Waals surface area contributed by atoms with E-state index in [1.807, 2.05) is 5.40 Å². The van der Waals surface area contributed by atoms with E-state index >= 15 is 0 Å². The molecule has 0 aromatic heterocycles. The molecule has 0 bridgehead atoms. The number of thiocyanates is 1. The van der Waals surface area contributed by atoms with Crippen LogP contribution in [0.15, 0.2) is 23.1 Å². The van der Waals surface area contributed by atoms with Crippen LogP contribution in [0, 0.1) is 10.7 Å². The fourth-order valence-corrected chi connectivity index (χ4v) is 1.34. The molecule has 0 aliphatic rings. The number of nitrogens with zero attached hydrogens (tertiary/aromatic N) is 1. The smallest absolute Gasteiger partial charge is 0.138 e. The normalized spacial score (nSPS) is 9.09. The molecule has 0 aliphatic carbocycles. The van der Waals surface area contributed by atoms with Crippen LogP contribution < -0.4 is 5.73 Å². The van der Waals surface area contributed by atoms with Crippen LogP contribution in [0.2, 0.25) is 5.02 Å². The summed E-state index contributed by atoms with van der Waals surface area (Å²) < 4.78 is 0. The van der Waals surface area contributed by atoms with Crippen LogP contribution >= 0.6 is 23.4 Å². The molecule has 0 amide bonds. The van der Waals surface area contributed by atoms with E-state index in [1.165, 1.54) is 0 Å². The number of nitriles is 1. The van der Waals surface area contributed by atoms with E-state index in [0.29, 0.717) is 10.7 Å². The summed E-state index contributed by atoms with van der Waals surface area (Å²) in [6, 6.07) is 5.07. The molecular weight excluding hydrogens is 180 g/mol. The minimum atomic E-state index is 0.525. The quantitative estimate of drug-likeness (QED) is 0.415. The summed E-state index contributed by atoms with van der Waals surface area (Å²) >= 11 is 6.78. The molecule has 1 aromatic rings. The first-order valence-electron chi connectivity index (χ1n) is 2.85. The maximum Gasteiger partial charge on any atom is 0.138 e. The van der Waals surface area contributed by atoms with E-state index < -0.39 is 0 Å². The van der Waals surface area contributed by atoms with Crippen molar-refractivity contribution >= 4 is 29.1 Å². The standard InChI is InChI=1S/C7H5ClN2S/c8-6-3-5(10)1-2-7(6)11-4-9/h1-3H,10H2. The number of hydrogen-bond donors (Lipinski definition) is 1. The van der Waals surface area contributed by atoms with Crippen LogP contribution in [0.25, 0.3) is 0 Å². The first-order chi connectivity index (χ1) is 5.24. The lowest BCUT2D eigenvalue weighted by molar-refractivity contribution is 1.47. The van der Waals surface area contributed by atoms with Gasteiger partial charge in [-0.15, -0.1) is 0 Å². The second-order valence-corrected chi connectivity index (χ2v) is 3.12. The van der Waals surface area contributed by atoms with E-state index in [4.69, 9.17) is 22.6 Å². The molecule has 1 aromatic carbocycles. The van der Waals surface area contributed by atoms with Crippen molar-refractivity contribution in [3.05, 3.63) is 23.2 Å². The van der Waals surface area contributed by atoms with Gasteiger partial charge >= 0.3 is 0 Å². The zero-order valence-corrected chi connectivity index (χ0v) is 7.12. The minimum Gasteiger partial charge on any atom is -0.399 e. The highest BCUT2D eigenvalue weighted by molar-refractivity contribution is 8.03. The topological polar surface area (TPSA) is 49.8 Å². The van der Waals surface area contributed by atoms with Crippen LogP contribution in [0.4, 0.5) is 5.69 Å². The van der Waals surface area contributed by atoms with Gasteiger partial charge in [-0.3, -0.25) is 0 Å². The van der Waals surface area contributed by atoms with Crippen molar-refractivity contribution in [1.29, 1.82) is 5.26 Å². The van der Waals surface area contributed by atoms with E-state index in [-0.39, 0.29) is 0 Å². The number of halogens is 1. The van der Waals surface area contributed by atoms with Crippen LogP contribution in [-0.4, -0.2) is 0 Å². The Kier molecular flexibility index (Phi) is 2.64. The maximum atomic E-state index is 8.34. The lowest BCUT2D eigenvalue weighted by Gasteiger charge is -1.97. The van der Waals surface area contributed by atoms with E-state index in [2.05, 4.69) is 0 Å². The highest BCUT2D eigenvalue weighted by atomic mass is 35.5. The maximum absolute atomic E-state index is 8.34. The molecule has 11 heavy (non-hydrogen) atoms. The Labute approximate surface area is 74.0 Å². The van der Waals surface area contributed by atoms with Gasteiger partial charge in [-0.1, -0.05) is 11.6 Å². The van der Waals surface area contributed by atoms with Crippen LogP contribution in [-0.2, 0) is 0 Å². The monoisotopic (exact) mass is 184 g/mol. The Morgan fingerprint density at radius 3 is 2.82 bits per heavy atom. The number of nitrogens with two attached hydrogens (primary N) is 1. The van der Waals surface area contributed by atoms with Gasteiger partial charge in [0.2, 0.25) is 0 Å². The van der Waals surface area contributed by atoms with Crippen molar-refractivity contribution in [3.8, 4) is 5.40 Å². The number of rotatable bonds is 1. The average Bonchev–Trinajstić information content (AvgIpc) is 1.95. The molecule has 56 valence electrons. The summed E-state index contributed by atoms with van der Waals surface area (Å²) in [6.07, 6.45) is 0. The highest BCUT2D eigenvalue weighted by Gasteiger charge is 1.99. The third kappa shape index (κ3) is 2.04. The predicted molar refractivity (Wildman–Crippen MR) is 47.3 cm³/mol. The molecular formula is C7H5ClN2S. The number of hydrogen-bond acceptors (Lipinski definition) is 3. The van der Waals surface area contributed by atoms with Gasteiger partial charge in [0.15, 0.2) is 0 Å². The largest absolute Gasteiger partial charge is 0.399 e. The van der Waals surface area contributed by atoms with Crippen molar-refractivity contribution in [2.24, 2.45) is 0 Å². The van der Waals surface area contributed by atoms with Gasteiger partial charge < -0.3 is 5.73 Å². The molecule has 0 saturated heterocycles. The predicted octanol–water partition coefficient (Wildman–Crippen LogP) is 2.50. The van der Waals surface area contributed by atoms with Crippen molar-refractivity contribution in [2.75, 3.05) is 5.73 Å². The van der Waals surface area contributed by atoms with Gasteiger partial charge in [0.05, 0.1) is 5.02 Å². The molecule has 2 nitrogen and oxygen atoms in total. The number of thioether (sulfide) groups is 1. The number of nitrogen functional groups attached to an aromatic ring is 1. The summed E-state index contributed by atoms with van der Waals surface area (Å²) in [6.45, 7) is 0. The lowest BCUT2D eigenvalue weighted by Crippen LogP contribution is -1.83. The Bertz CT molecular complexity index is 306. The van der Waals surface area contributed by atoms with Gasteiger partial charge in [-0.2, -0.15) is 5.26 Å². The van der Waals surface area contributed by atoms with Crippen LogP contribution in [0.5, 0.6) is 0 Å². The number of benzene rings is 1. The third-order valence-electron chi connectivity index (χ3n) is 1.11. The SMILES string of the molecule is N#CSc1ccc(N)cc1Cl. The van der Waals surface area contributed by atoms with Crippen LogP contribution in [0.1, 0.15) is 0 Å². The molecule has 4 heteroatoms. The first kappa shape index (κ1) is 8.25. The Balaban J connectivity index is 3.01. The minimum absolute atomic E-state index is 0.525. The second kappa shape index (κ2) is 3.51. The fraction of sp³-hybridized carbons (Fsp3) is 0. The van der Waals surface area contributed by atoms with Gasteiger partial charge in [0.1, 0.15) is 5.40 Å². The molecule has 0 atom stereocenters. The molecule has 0 aliphatic heterocycles. The summed E-state index contributed by atoms with van der Waals surface area (Å²) in [5.74, 6) is 0. The summed E-state index contributed by atoms with van der Waals surface area (Å²) in [5, 5.41) is 10.8. The molecule has 0 radical (unpaired) electrons. The summed E-state index contributed by atoms with van der Waals surface area (Å²) in [4.78, 5) is 0.739. The summed E-state index contributed by atoms with van der Waals surface area (Å²) in [5.41, 5.74) is 6.06. The molecule has 0 saturated carbocycles. The van der Waals surface area contributed by atoms with E-state index in [9.17, 15) is 0 Å². The zero-order valence-electron chi connectivity index (χ0n) is 5.54. The fourth-order valence-electron chi connectivity index (χ4n) is 0.649. The molecule has 0 fully saturated rings. The Hall–Kier alpha value is -0.850. The van der Waals surface area contributed by atoms with Crippen molar-refractivity contribution < 1.29 is 0 Å². The van der Waals surface area contributed by atoms with Gasteiger partial charge in [-0.05, 0) is 30.0 Å². The van der Waals surface area contributed by atoms with E-state index in [0.717, 1.165) is 16.7 Å². The lowest BCUT2D eigenvalue weighted by atomic mass is 10.3. The molecule has 0 spiro atoms. The average molecular weight is 185 g/mol. The molecule has 2 N–H and O–H groups in total. The van der Waals surface area contributed by atoms with Crippen molar-refractivity contribution in [2.45, 2.75) is 4.90 Å². The first-order valence-corrected chi connectivity index (χ1v) is 4.04. The van der Waals surface area contributed by atoms with Gasteiger partial charge in [0.25, 0.3) is 0 Å². The molecule has 1 rings (SSSR count). The third-order valence-corrected chi connectivity index (χ3v) is 2.20. The Morgan fingerprint density at radius 2 is 2.27 bits per heavy atom. The second-order valence-electron chi connectivity index (χ2n) is 1.88. The summed E-state index contributed by atoms with van der Waals surface area (Å²) in [7, 11) is 0. The highest BCUT2D eigenvalue weighted by Crippen LogP contribution is 2.27. The Morgan fingerprint density at radius 1 is 1.55 bits per heavy atom. The van der Waals surface area contributed by atoms with Crippen molar-refractivity contribution in [3.63, 3.8) is 0 Å². The van der Waals surface area contributed by atoms with E-state index in [1.54, 1.807) is 18.2 Å². The van der Waals surface area contributed by atoms with Gasteiger partial charge in [0, 0.05) is 10.6 Å². The van der Waals surface area contributed by atoms with Crippen LogP contribution in [0.3, 0.4) is 0 Å². The van der Waals surface area contributed by atoms with Gasteiger partial charge in [-0.25, -0.2) is 0 Å². The molecule has 0 heterocycles. The van der Waals surface area contributed by atoms with Crippen molar-refractivity contribution in [1.82, 2.24) is 0 Å². The number of anilines is 1. The molecule has 0 unspecified atom stereocenters. The zero-order chi connectivity index (χ0) is 8.27.